The van der Waals surface area contributed by atoms with E-state index in [2.05, 4.69) is 0 Å². The lowest BCUT2D eigenvalue weighted by atomic mass is 9.82. The van der Waals surface area contributed by atoms with Gasteiger partial charge in [-0.1, -0.05) is 0 Å². The standard InChI is InChI=1S/C7H14ClNO.ClH/c8-5-7(6-9)1-3-10-4-2-7;/h1-6,9H2;1H. The molecule has 0 aromatic rings. The molecule has 68 valence electrons. The molecule has 4 heteroatoms. The van der Waals surface area contributed by atoms with Crippen LogP contribution in [-0.2, 0) is 4.74 Å². The van der Waals surface area contributed by atoms with Crippen LogP contribution in [0.3, 0.4) is 0 Å². The number of halogens is 2. The summed E-state index contributed by atoms with van der Waals surface area (Å²) in [4.78, 5) is 0. The average Bonchev–Trinajstić information content (AvgIpc) is 2.06. The van der Waals surface area contributed by atoms with E-state index in [9.17, 15) is 0 Å². The zero-order valence-electron chi connectivity index (χ0n) is 6.51. The lowest BCUT2D eigenvalue weighted by molar-refractivity contribution is 0.0297. The summed E-state index contributed by atoms with van der Waals surface area (Å²) in [5.41, 5.74) is 5.79. The molecule has 1 heterocycles. The van der Waals surface area contributed by atoms with Crippen LogP contribution >= 0.6 is 24.0 Å². The summed E-state index contributed by atoms with van der Waals surface area (Å²) < 4.78 is 5.21. The van der Waals surface area contributed by atoms with Crippen LogP contribution in [0.2, 0.25) is 0 Å². The average molecular weight is 200 g/mol. The van der Waals surface area contributed by atoms with Gasteiger partial charge in [-0.2, -0.15) is 0 Å². The van der Waals surface area contributed by atoms with Gasteiger partial charge in [-0.25, -0.2) is 0 Å². The second kappa shape index (κ2) is 5.20. The van der Waals surface area contributed by atoms with Gasteiger partial charge in [0.05, 0.1) is 0 Å². The first kappa shape index (κ1) is 11.5. The number of hydrogen-bond acceptors (Lipinski definition) is 2. The molecule has 1 fully saturated rings. The minimum atomic E-state index is 0. The fourth-order valence-electron chi connectivity index (χ4n) is 1.20. The van der Waals surface area contributed by atoms with Crippen LogP contribution < -0.4 is 5.73 Å². The molecule has 1 aliphatic heterocycles. The molecule has 0 radical (unpaired) electrons. The van der Waals surface area contributed by atoms with Crippen molar-refractivity contribution in [3.8, 4) is 0 Å². The molecule has 2 nitrogen and oxygen atoms in total. The third-order valence-corrected chi connectivity index (χ3v) is 2.84. The van der Waals surface area contributed by atoms with E-state index in [1.165, 1.54) is 0 Å². The summed E-state index contributed by atoms with van der Waals surface area (Å²) in [6.45, 7) is 2.34. The van der Waals surface area contributed by atoms with Crippen molar-refractivity contribution >= 4 is 24.0 Å². The van der Waals surface area contributed by atoms with Gasteiger partial charge in [-0.05, 0) is 19.4 Å². The van der Waals surface area contributed by atoms with Crippen LogP contribution in [0.25, 0.3) is 0 Å². The molecule has 0 atom stereocenters. The van der Waals surface area contributed by atoms with Gasteiger partial charge in [-0.3, -0.25) is 0 Å². The monoisotopic (exact) mass is 199 g/mol. The number of rotatable bonds is 2. The van der Waals surface area contributed by atoms with E-state index in [4.69, 9.17) is 22.1 Å². The molecule has 0 unspecified atom stereocenters. The van der Waals surface area contributed by atoms with E-state index in [0.29, 0.717) is 12.4 Å². The number of alkyl halides is 1. The second-order valence-electron chi connectivity index (χ2n) is 2.95. The first-order valence-corrected chi connectivity index (χ1v) is 4.20. The van der Waals surface area contributed by atoms with Crippen LogP contribution in [0, 0.1) is 5.41 Å². The van der Waals surface area contributed by atoms with Crippen LogP contribution in [0.15, 0.2) is 0 Å². The van der Waals surface area contributed by atoms with Crippen molar-refractivity contribution in [2.45, 2.75) is 12.8 Å². The molecule has 2 N–H and O–H groups in total. The quantitative estimate of drug-likeness (QED) is 0.684. The van der Waals surface area contributed by atoms with Crippen molar-refractivity contribution in [3.63, 3.8) is 0 Å². The minimum Gasteiger partial charge on any atom is -0.381 e. The molecule has 1 rings (SSSR count). The highest BCUT2D eigenvalue weighted by atomic mass is 35.5. The summed E-state index contributed by atoms with van der Waals surface area (Å²) in [5, 5.41) is 0. The lowest BCUT2D eigenvalue weighted by Gasteiger charge is -2.33. The van der Waals surface area contributed by atoms with Crippen molar-refractivity contribution in [2.75, 3.05) is 25.6 Å². The zero-order valence-corrected chi connectivity index (χ0v) is 8.09. The maximum absolute atomic E-state index is 5.80. The summed E-state index contributed by atoms with van der Waals surface area (Å²) in [6, 6.07) is 0. The Bertz CT molecular complexity index is 98.6. The molecule has 0 bridgehead atoms. The van der Waals surface area contributed by atoms with Crippen molar-refractivity contribution in [1.29, 1.82) is 0 Å². The predicted octanol–water partition coefficient (Wildman–Crippen LogP) is 1.40. The van der Waals surface area contributed by atoms with Gasteiger partial charge in [0.2, 0.25) is 0 Å². The molecule has 0 aliphatic carbocycles. The molecule has 1 saturated heterocycles. The molecule has 0 amide bonds. The summed E-state index contributed by atoms with van der Waals surface area (Å²) in [6.07, 6.45) is 2.04. The van der Waals surface area contributed by atoms with Crippen LogP contribution in [0.4, 0.5) is 0 Å². The van der Waals surface area contributed by atoms with Crippen molar-refractivity contribution in [3.05, 3.63) is 0 Å². The number of ether oxygens (including phenoxy) is 1. The van der Waals surface area contributed by atoms with Crippen molar-refractivity contribution in [2.24, 2.45) is 11.1 Å². The van der Waals surface area contributed by atoms with Crippen molar-refractivity contribution in [1.82, 2.24) is 0 Å². The summed E-state index contributed by atoms with van der Waals surface area (Å²) >= 11 is 5.80. The van der Waals surface area contributed by atoms with Crippen LogP contribution in [0.1, 0.15) is 12.8 Å². The van der Waals surface area contributed by atoms with E-state index < -0.39 is 0 Å². The molecule has 0 aromatic heterocycles. The topological polar surface area (TPSA) is 35.2 Å². The van der Waals surface area contributed by atoms with Gasteiger partial charge in [0.1, 0.15) is 0 Å². The fourth-order valence-corrected chi connectivity index (χ4v) is 1.57. The third-order valence-electron chi connectivity index (χ3n) is 2.27. The first-order chi connectivity index (χ1) is 4.83. The van der Waals surface area contributed by atoms with Gasteiger partial charge in [0.25, 0.3) is 0 Å². The Hall–Kier alpha value is 0.500. The van der Waals surface area contributed by atoms with Crippen molar-refractivity contribution < 1.29 is 4.74 Å². The van der Waals surface area contributed by atoms with E-state index in [1.807, 2.05) is 0 Å². The maximum Gasteiger partial charge on any atom is 0.0472 e. The van der Waals surface area contributed by atoms with Crippen LogP contribution in [-0.4, -0.2) is 25.6 Å². The second-order valence-corrected chi connectivity index (χ2v) is 3.22. The molecule has 0 saturated carbocycles. The number of hydrogen-bond donors (Lipinski definition) is 1. The largest absolute Gasteiger partial charge is 0.381 e. The molecule has 1 aliphatic rings. The van der Waals surface area contributed by atoms with E-state index in [0.717, 1.165) is 26.1 Å². The van der Waals surface area contributed by atoms with Gasteiger partial charge in [0, 0.05) is 24.5 Å². The third kappa shape index (κ3) is 2.79. The fraction of sp³-hybridized carbons (Fsp3) is 1.00. The maximum atomic E-state index is 5.80. The Labute approximate surface area is 78.8 Å². The van der Waals surface area contributed by atoms with E-state index in [-0.39, 0.29) is 17.8 Å². The van der Waals surface area contributed by atoms with Gasteiger partial charge >= 0.3 is 0 Å². The Kier molecular flexibility index (Phi) is 5.44. The normalized spacial score (nSPS) is 22.4. The highest BCUT2D eigenvalue weighted by Gasteiger charge is 2.29. The molecule has 11 heavy (non-hydrogen) atoms. The summed E-state index contributed by atoms with van der Waals surface area (Å²) in [7, 11) is 0. The summed E-state index contributed by atoms with van der Waals surface area (Å²) in [5.74, 6) is 0.673. The Morgan fingerprint density at radius 1 is 1.36 bits per heavy atom. The van der Waals surface area contributed by atoms with E-state index >= 15 is 0 Å². The molecular formula is C7H15Cl2NO. The Balaban J connectivity index is 0.000001000. The lowest BCUT2D eigenvalue weighted by Crippen LogP contribution is -2.38. The highest BCUT2D eigenvalue weighted by molar-refractivity contribution is 6.18. The van der Waals surface area contributed by atoms with Gasteiger partial charge in [-0.15, -0.1) is 24.0 Å². The molecule has 0 aromatic carbocycles. The Morgan fingerprint density at radius 2 is 1.91 bits per heavy atom. The molecular weight excluding hydrogens is 185 g/mol. The Morgan fingerprint density at radius 3 is 2.18 bits per heavy atom. The predicted molar refractivity (Wildman–Crippen MR) is 49.5 cm³/mol. The SMILES string of the molecule is Cl.NCC1(CCl)CCOCC1. The minimum absolute atomic E-state index is 0. The van der Waals surface area contributed by atoms with Crippen LogP contribution in [0.5, 0.6) is 0 Å². The van der Waals surface area contributed by atoms with Gasteiger partial charge in [0.15, 0.2) is 0 Å². The zero-order chi connectivity index (χ0) is 7.45. The van der Waals surface area contributed by atoms with E-state index in [1.54, 1.807) is 0 Å². The smallest absolute Gasteiger partial charge is 0.0472 e. The molecule has 0 spiro atoms. The highest BCUT2D eigenvalue weighted by Crippen LogP contribution is 2.30. The number of nitrogens with two attached hydrogens (primary N) is 1. The van der Waals surface area contributed by atoms with Gasteiger partial charge < -0.3 is 10.5 Å². The first-order valence-electron chi connectivity index (χ1n) is 3.67.